The molecular formula is C15H12ClNO2S. The second-order valence-electron chi connectivity index (χ2n) is 4.11. The Hall–Kier alpha value is -1.80. The molecule has 1 amide bonds. The maximum absolute atomic E-state index is 12.0. The number of aryl methyl sites for hydroxylation is 1. The van der Waals surface area contributed by atoms with Gasteiger partial charge in [-0.3, -0.25) is 4.79 Å². The van der Waals surface area contributed by atoms with Crippen molar-refractivity contribution in [3.8, 4) is 11.8 Å². The molecule has 0 saturated heterocycles. The van der Waals surface area contributed by atoms with E-state index in [2.05, 4.69) is 17.2 Å². The van der Waals surface area contributed by atoms with Crippen LogP contribution in [0, 0.1) is 18.8 Å². The van der Waals surface area contributed by atoms with Crippen LogP contribution in [0.2, 0.25) is 4.34 Å². The van der Waals surface area contributed by atoms with Crippen LogP contribution in [-0.2, 0) is 0 Å². The number of rotatable bonds is 2. The molecule has 1 aromatic heterocycles. The number of carbonyl (C=O) groups excluding carboxylic acids is 1. The van der Waals surface area contributed by atoms with Gasteiger partial charge in [0.25, 0.3) is 5.91 Å². The van der Waals surface area contributed by atoms with Crippen molar-refractivity contribution in [3.05, 3.63) is 50.7 Å². The third-order valence-corrected chi connectivity index (χ3v) is 3.67. The van der Waals surface area contributed by atoms with E-state index < -0.39 is 0 Å². The van der Waals surface area contributed by atoms with Crippen molar-refractivity contribution in [1.29, 1.82) is 0 Å². The minimum atomic E-state index is -0.200. The molecule has 0 spiro atoms. The van der Waals surface area contributed by atoms with E-state index in [4.69, 9.17) is 16.7 Å². The summed E-state index contributed by atoms with van der Waals surface area (Å²) in [6, 6.07) is 8.89. The van der Waals surface area contributed by atoms with Gasteiger partial charge in [0.1, 0.15) is 6.61 Å². The van der Waals surface area contributed by atoms with Crippen molar-refractivity contribution in [2.75, 3.05) is 11.9 Å². The molecule has 1 aromatic carbocycles. The van der Waals surface area contributed by atoms with Crippen molar-refractivity contribution in [3.63, 3.8) is 0 Å². The first-order valence-electron chi connectivity index (χ1n) is 5.86. The topological polar surface area (TPSA) is 49.3 Å². The highest BCUT2D eigenvalue weighted by molar-refractivity contribution is 7.18. The van der Waals surface area contributed by atoms with E-state index in [0.29, 0.717) is 14.9 Å². The van der Waals surface area contributed by atoms with Crippen LogP contribution < -0.4 is 5.32 Å². The van der Waals surface area contributed by atoms with Gasteiger partial charge in [-0.25, -0.2) is 0 Å². The molecule has 0 bridgehead atoms. The first-order chi connectivity index (χ1) is 9.58. The predicted octanol–water partition coefficient (Wildman–Crippen LogP) is 3.31. The third-order valence-electron chi connectivity index (χ3n) is 2.44. The third kappa shape index (κ3) is 3.84. The first kappa shape index (κ1) is 14.6. The zero-order chi connectivity index (χ0) is 14.5. The number of halogens is 1. The molecule has 0 aliphatic rings. The highest BCUT2D eigenvalue weighted by Gasteiger charge is 2.09. The summed E-state index contributed by atoms with van der Waals surface area (Å²) < 4.78 is 0.578. The van der Waals surface area contributed by atoms with Gasteiger partial charge < -0.3 is 10.4 Å². The SMILES string of the molecule is Cc1cc(C#CCO)cc(NC(=O)c2ccc(Cl)s2)c1. The predicted molar refractivity (Wildman–Crippen MR) is 82.4 cm³/mol. The van der Waals surface area contributed by atoms with Crippen LogP contribution in [0.15, 0.2) is 30.3 Å². The number of anilines is 1. The maximum atomic E-state index is 12.0. The van der Waals surface area contributed by atoms with Crippen LogP contribution in [0.3, 0.4) is 0 Å². The average molecular weight is 306 g/mol. The molecule has 2 rings (SSSR count). The molecule has 0 radical (unpaired) electrons. The van der Waals surface area contributed by atoms with Crippen molar-refractivity contribution >= 4 is 34.5 Å². The van der Waals surface area contributed by atoms with Crippen molar-refractivity contribution in [1.82, 2.24) is 0 Å². The van der Waals surface area contributed by atoms with Crippen LogP contribution >= 0.6 is 22.9 Å². The molecule has 0 aliphatic carbocycles. The number of carbonyl (C=O) groups is 1. The summed E-state index contributed by atoms with van der Waals surface area (Å²) in [7, 11) is 0. The van der Waals surface area contributed by atoms with E-state index in [1.165, 1.54) is 11.3 Å². The lowest BCUT2D eigenvalue weighted by molar-refractivity contribution is 0.103. The Morgan fingerprint density at radius 1 is 1.40 bits per heavy atom. The van der Waals surface area contributed by atoms with Gasteiger partial charge in [-0.15, -0.1) is 11.3 Å². The fraction of sp³-hybridized carbons (Fsp3) is 0.133. The molecule has 20 heavy (non-hydrogen) atoms. The van der Waals surface area contributed by atoms with Gasteiger partial charge in [0.05, 0.1) is 9.21 Å². The van der Waals surface area contributed by atoms with Gasteiger partial charge in [-0.2, -0.15) is 0 Å². The Bertz CT molecular complexity index is 697. The Balaban J connectivity index is 2.20. The molecule has 102 valence electrons. The van der Waals surface area contributed by atoms with Gasteiger partial charge in [0, 0.05) is 11.3 Å². The molecule has 0 atom stereocenters. The van der Waals surface area contributed by atoms with E-state index in [-0.39, 0.29) is 12.5 Å². The smallest absolute Gasteiger partial charge is 0.265 e. The van der Waals surface area contributed by atoms with E-state index in [1.807, 2.05) is 19.1 Å². The van der Waals surface area contributed by atoms with Gasteiger partial charge in [0.15, 0.2) is 0 Å². The van der Waals surface area contributed by atoms with Crippen LogP contribution in [-0.4, -0.2) is 17.6 Å². The van der Waals surface area contributed by atoms with Gasteiger partial charge in [0.2, 0.25) is 0 Å². The number of benzene rings is 1. The molecule has 0 saturated carbocycles. The van der Waals surface area contributed by atoms with Crippen LogP contribution in [0.25, 0.3) is 0 Å². The number of aliphatic hydroxyl groups excluding tert-OH is 1. The Morgan fingerprint density at radius 3 is 2.85 bits per heavy atom. The monoisotopic (exact) mass is 305 g/mol. The lowest BCUT2D eigenvalue weighted by atomic mass is 10.1. The summed E-state index contributed by atoms with van der Waals surface area (Å²) in [5.41, 5.74) is 2.40. The van der Waals surface area contributed by atoms with Crippen molar-refractivity contribution in [2.24, 2.45) is 0 Å². The minimum absolute atomic E-state index is 0.191. The number of aliphatic hydroxyl groups is 1. The molecule has 0 unspecified atom stereocenters. The quantitative estimate of drug-likeness (QED) is 0.836. The number of thiophene rings is 1. The normalized spacial score (nSPS) is 9.75. The van der Waals surface area contributed by atoms with Crippen LogP contribution in [0.1, 0.15) is 20.8 Å². The molecular weight excluding hydrogens is 294 g/mol. The average Bonchev–Trinajstić information content (AvgIpc) is 2.82. The maximum Gasteiger partial charge on any atom is 0.265 e. The van der Waals surface area contributed by atoms with Gasteiger partial charge in [-0.05, 0) is 42.8 Å². The van der Waals surface area contributed by atoms with E-state index >= 15 is 0 Å². The molecule has 2 N–H and O–H groups in total. The molecule has 5 heteroatoms. The minimum Gasteiger partial charge on any atom is -0.384 e. The fourth-order valence-corrected chi connectivity index (χ4v) is 2.64. The lowest BCUT2D eigenvalue weighted by Gasteiger charge is -2.06. The largest absolute Gasteiger partial charge is 0.384 e. The summed E-state index contributed by atoms with van der Waals surface area (Å²) in [6.07, 6.45) is 0. The zero-order valence-corrected chi connectivity index (χ0v) is 12.3. The van der Waals surface area contributed by atoms with Gasteiger partial charge in [-0.1, -0.05) is 23.4 Å². The zero-order valence-electron chi connectivity index (χ0n) is 10.7. The van der Waals surface area contributed by atoms with E-state index in [1.54, 1.807) is 18.2 Å². The Labute approximate surface area is 126 Å². The van der Waals surface area contributed by atoms with E-state index in [9.17, 15) is 4.79 Å². The Morgan fingerprint density at radius 2 is 2.20 bits per heavy atom. The number of amides is 1. The van der Waals surface area contributed by atoms with Crippen LogP contribution in [0.4, 0.5) is 5.69 Å². The number of hydrogen-bond acceptors (Lipinski definition) is 3. The second-order valence-corrected chi connectivity index (χ2v) is 5.82. The summed E-state index contributed by atoms with van der Waals surface area (Å²) >= 11 is 7.04. The Kier molecular flexibility index (Phi) is 4.80. The summed E-state index contributed by atoms with van der Waals surface area (Å²) in [6.45, 7) is 1.73. The number of hydrogen-bond donors (Lipinski definition) is 2. The molecule has 2 aromatic rings. The van der Waals surface area contributed by atoms with E-state index in [0.717, 1.165) is 11.1 Å². The molecule has 0 fully saturated rings. The van der Waals surface area contributed by atoms with Crippen molar-refractivity contribution < 1.29 is 9.90 Å². The lowest BCUT2D eigenvalue weighted by Crippen LogP contribution is -2.10. The number of nitrogens with one attached hydrogen (secondary N) is 1. The summed E-state index contributed by atoms with van der Waals surface area (Å²) in [4.78, 5) is 12.6. The molecule has 3 nitrogen and oxygen atoms in total. The standard InChI is InChI=1S/C15H12ClNO2S/c1-10-7-11(3-2-6-18)9-12(8-10)17-15(19)13-4-5-14(16)20-13/h4-5,7-9,18H,6H2,1H3,(H,17,19). The highest BCUT2D eigenvalue weighted by atomic mass is 35.5. The second kappa shape index (κ2) is 6.58. The fourth-order valence-electron chi connectivity index (χ4n) is 1.70. The highest BCUT2D eigenvalue weighted by Crippen LogP contribution is 2.23. The van der Waals surface area contributed by atoms with Crippen molar-refractivity contribution in [2.45, 2.75) is 6.92 Å². The summed E-state index contributed by atoms with van der Waals surface area (Å²) in [5, 5.41) is 11.5. The van der Waals surface area contributed by atoms with Gasteiger partial charge >= 0.3 is 0 Å². The molecule has 1 heterocycles. The summed E-state index contributed by atoms with van der Waals surface area (Å²) in [5.74, 6) is 5.21. The molecule has 0 aliphatic heterocycles. The first-order valence-corrected chi connectivity index (χ1v) is 7.06. The van der Waals surface area contributed by atoms with Crippen LogP contribution in [0.5, 0.6) is 0 Å².